The van der Waals surface area contributed by atoms with Crippen LogP contribution in [-0.4, -0.2) is 35.0 Å². The lowest BCUT2D eigenvalue weighted by Crippen LogP contribution is -2.14. The van der Waals surface area contributed by atoms with Crippen molar-refractivity contribution in [2.75, 3.05) is 14.2 Å². The lowest BCUT2D eigenvalue weighted by Gasteiger charge is -2.10. The van der Waals surface area contributed by atoms with Gasteiger partial charge in [0.05, 0.1) is 30.8 Å². The van der Waals surface area contributed by atoms with Crippen LogP contribution in [0.4, 0.5) is 10.5 Å². The molecule has 0 saturated heterocycles. The number of hydrogen-bond acceptors (Lipinski definition) is 7. The molecule has 1 aromatic carbocycles. The normalized spacial score (nSPS) is 10.1. The molecule has 116 valence electrons. The molecule has 2 rings (SSSR count). The zero-order chi connectivity index (χ0) is 16.1. The molecular weight excluding hydrogens is 294 g/mol. The quantitative estimate of drug-likeness (QED) is 0.614. The summed E-state index contributed by atoms with van der Waals surface area (Å²) in [5.74, 6) is 0.523. The van der Waals surface area contributed by atoms with E-state index >= 15 is 0 Å². The zero-order valence-corrected chi connectivity index (χ0v) is 11.9. The molecule has 0 aliphatic rings. The Kier molecular flexibility index (Phi) is 4.57. The number of nitrogens with zero attached hydrogens (tertiary/aromatic N) is 3. The summed E-state index contributed by atoms with van der Waals surface area (Å²) < 4.78 is 16.1. The molecule has 0 amide bonds. The van der Waals surface area contributed by atoms with Crippen molar-refractivity contribution >= 4 is 11.8 Å². The van der Waals surface area contributed by atoms with Crippen LogP contribution in [0, 0.1) is 10.1 Å². The first-order valence-electron chi connectivity index (χ1n) is 6.13. The highest BCUT2D eigenvalue weighted by molar-refractivity contribution is 5.69. The second-order valence-electron chi connectivity index (χ2n) is 4.10. The van der Waals surface area contributed by atoms with Crippen LogP contribution in [0.3, 0.4) is 0 Å². The Balaban J connectivity index is 2.25. The maximum Gasteiger partial charge on any atom is 0.434 e. The van der Waals surface area contributed by atoms with E-state index in [1.165, 1.54) is 38.7 Å². The van der Waals surface area contributed by atoms with Crippen LogP contribution in [0.1, 0.15) is 5.56 Å². The second-order valence-corrected chi connectivity index (χ2v) is 4.10. The van der Waals surface area contributed by atoms with Gasteiger partial charge in [0.25, 0.3) is 5.69 Å². The van der Waals surface area contributed by atoms with E-state index < -0.39 is 11.0 Å². The minimum absolute atomic E-state index is 0.183. The van der Waals surface area contributed by atoms with Gasteiger partial charge in [0.2, 0.25) is 0 Å². The van der Waals surface area contributed by atoms with Crippen LogP contribution in [0.2, 0.25) is 0 Å². The molecule has 0 fully saturated rings. The van der Waals surface area contributed by atoms with E-state index in [2.05, 4.69) is 5.10 Å². The van der Waals surface area contributed by atoms with Crippen molar-refractivity contribution in [2.45, 2.75) is 6.61 Å². The first-order chi connectivity index (χ1) is 10.6. The van der Waals surface area contributed by atoms with Gasteiger partial charge in [0.1, 0.15) is 6.61 Å². The Morgan fingerprint density at radius 3 is 2.55 bits per heavy atom. The number of nitro benzene ring substituents is 1. The number of nitro groups is 1. The summed E-state index contributed by atoms with van der Waals surface area (Å²) in [6.07, 6.45) is 2.08. The second kappa shape index (κ2) is 6.57. The van der Waals surface area contributed by atoms with Crippen molar-refractivity contribution in [1.82, 2.24) is 9.78 Å². The van der Waals surface area contributed by atoms with Gasteiger partial charge < -0.3 is 14.2 Å². The molecule has 0 atom stereocenters. The molecular formula is C13H13N3O6. The molecule has 1 aromatic heterocycles. The maximum atomic E-state index is 11.7. The van der Waals surface area contributed by atoms with Gasteiger partial charge in [-0.3, -0.25) is 10.1 Å². The van der Waals surface area contributed by atoms with Crippen molar-refractivity contribution in [3.05, 3.63) is 46.3 Å². The standard InChI is InChI=1S/C13H13N3O6/c1-20-11-6-9(10(16(18)19)7-12(11)21-2)8-22-13(17)15-5-3-4-14-15/h3-7H,8H2,1-2H3. The van der Waals surface area contributed by atoms with E-state index in [0.717, 1.165) is 4.68 Å². The fourth-order valence-corrected chi connectivity index (χ4v) is 1.78. The minimum Gasteiger partial charge on any atom is -0.493 e. The van der Waals surface area contributed by atoms with Crippen LogP contribution in [0.15, 0.2) is 30.6 Å². The van der Waals surface area contributed by atoms with Gasteiger partial charge in [-0.25, -0.2) is 4.79 Å². The van der Waals surface area contributed by atoms with Crippen LogP contribution < -0.4 is 9.47 Å². The number of rotatable bonds is 5. The first kappa shape index (κ1) is 15.3. The molecule has 2 aromatic rings. The van der Waals surface area contributed by atoms with E-state index in [1.807, 2.05) is 0 Å². The summed E-state index contributed by atoms with van der Waals surface area (Å²) in [4.78, 5) is 22.2. The molecule has 9 nitrogen and oxygen atoms in total. The van der Waals surface area contributed by atoms with Gasteiger partial charge >= 0.3 is 6.09 Å². The van der Waals surface area contributed by atoms with E-state index in [9.17, 15) is 14.9 Å². The van der Waals surface area contributed by atoms with E-state index in [-0.39, 0.29) is 23.6 Å². The molecule has 0 aliphatic carbocycles. The summed E-state index contributed by atoms with van der Waals surface area (Å²) in [5.41, 5.74) is -0.0472. The highest BCUT2D eigenvalue weighted by atomic mass is 16.6. The van der Waals surface area contributed by atoms with Gasteiger partial charge in [-0.2, -0.15) is 9.78 Å². The Morgan fingerprint density at radius 2 is 2.00 bits per heavy atom. The zero-order valence-electron chi connectivity index (χ0n) is 11.9. The van der Waals surface area contributed by atoms with Gasteiger partial charge in [0, 0.05) is 12.4 Å². The van der Waals surface area contributed by atoms with E-state index in [0.29, 0.717) is 5.75 Å². The third-order valence-electron chi connectivity index (χ3n) is 2.82. The molecule has 1 heterocycles. The number of methoxy groups -OCH3 is 2. The van der Waals surface area contributed by atoms with Crippen molar-refractivity contribution < 1.29 is 23.9 Å². The van der Waals surface area contributed by atoms with Crippen molar-refractivity contribution in [2.24, 2.45) is 0 Å². The summed E-state index contributed by atoms with van der Waals surface area (Å²) in [5, 5.41) is 14.8. The van der Waals surface area contributed by atoms with Gasteiger partial charge in [-0.1, -0.05) is 0 Å². The number of hydrogen-bond donors (Lipinski definition) is 0. The molecule has 0 saturated carbocycles. The Hall–Kier alpha value is -3.10. The molecule has 0 radical (unpaired) electrons. The topological polar surface area (TPSA) is 106 Å². The number of carbonyl (C=O) groups is 1. The number of benzene rings is 1. The summed E-state index contributed by atoms with van der Waals surface area (Å²) in [7, 11) is 2.78. The highest BCUT2D eigenvalue weighted by Crippen LogP contribution is 2.34. The Morgan fingerprint density at radius 1 is 1.32 bits per heavy atom. The van der Waals surface area contributed by atoms with Crippen LogP contribution >= 0.6 is 0 Å². The average molecular weight is 307 g/mol. The number of aromatic nitrogens is 2. The monoisotopic (exact) mass is 307 g/mol. The molecule has 22 heavy (non-hydrogen) atoms. The summed E-state index contributed by atoms with van der Waals surface area (Å²) in [6, 6.07) is 4.17. The van der Waals surface area contributed by atoms with E-state index in [1.54, 1.807) is 6.07 Å². The molecule has 0 N–H and O–H groups in total. The van der Waals surface area contributed by atoms with Gasteiger partial charge in [0.15, 0.2) is 11.5 Å². The molecule has 0 unspecified atom stereocenters. The molecule has 0 bridgehead atoms. The highest BCUT2D eigenvalue weighted by Gasteiger charge is 2.21. The fourth-order valence-electron chi connectivity index (χ4n) is 1.78. The minimum atomic E-state index is -0.742. The van der Waals surface area contributed by atoms with Gasteiger partial charge in [-0.05, 0) is 12.1 Å². The van der Waals surface area contributed by atoms with Crippen molar-refractivity contribution in [1.29, 1.82) is 0 Å². The van der Waals surface area contributed by atoms with Crippen LogP contribution in [-0.2, 0) is 11.3 Å². The maximum absolute atomic E-state index is 11.7. The largest absolute Gasteiger partial charge is 0.493 e. The molecule has 9 heteroatoms. The van der Waals surface area contributed by atoms with Crippen molar-refractivity contribution in [3.63, 3.8) is 0 Å². The predicted octanol–water partition coefficient (Wildman–Crippen LogP) is 1.99. The van der Waals surface area contributed by atoms with Crippen molar-refractivity contribution in [3.8, 4) is 11.5 Å². The fraction of sp³-hybridized carbons (Fsp3) is 0.231. The van der Waals surface area contributed by atoms with Crippen LogP contribution in [0.5, 0.6) is 11.5 Å². The smallest absolute Gasteiger partial charge is 0.434 e. The third kappa shape index (κ3) is 3.14. The first-order valence-corrected chi connectivity index (χ1v) is 6.13. The lowest BCUT2D eigenvalue weighted by molar-refractivity contribution is -0.385. The average Bonchev–Trinajstić information content (AvgIpc) is 3.05. The molecule has 0 spiro atoms. The predicted molar refractivity (Wildman–Crippen MR) is 74.0 cm³/mol. The Bertz CT molecular complexity index is 683. The number of carbonyl (C=O) groups excluding carboxylic acids is 1. The Labute approximate surface area is 125 Å². The third-order valence-corrected chi connectivity index (χ3v) is 2.82. The van der Waals surface area contributed by atoms with Gasteiger partial charge in [-0.15, -0.1) is 0 Å². The van der Waals surface area contributed by atoms with E-state index in [4.69, 9.17) is 14.2 Å². The van der Waals surface area contributed by atoms with Crippen LogP contribution in [0.25, 0.3) is 0 Å². The summed E-state index contributed by atoms with van der Waals surface area (Å²) in [6.45, 7) is -0.296. The molecule has 0 aliphatic heterocycles. The summed E-state index contributed by atoms with van der Waals surface area (Å²) >= 11 is 0. The number of ether oxygens (including phenoxy) is 3. The lowest BCUT2D eigenvalue weighted by atomic mass is 10.1. The SMILES string of the molecule is COc1cc(COC(=O)n2cccn2)c([N+](=O)[O-])cc1OC.